The standard InChI is InChI=1S/C34H44ClNO4/c1-21(2)29(32(3,4)5)30(38)40-28-15-22(6-11-27(28)37)12-13-36-31(39)34-18-23-14-24(19-34)17-33(16-23,20-34)25-7-9-26(35)10-8-25/h6-11,15,21,23-24,29,37H,12-14,16-20H2,1-5H3,(H,36,39). The first-order chi connectivity index (χ1) is 18.8. The number of rotatable bonds is 8. The van der Waals surface area contributed by atoms with Crippen LogP contribution in [0.2, 0.25) is 5.02 Å². The van der Waals surface area contributed by atoms with Crippen LogP contribution in [0.15, 0.2) is 42.5 Å². The maximum atomic E-state index is 13.8. The highest BCUT2D eigenvalue weighted by molar-refractivity contribution is 6.30. The molecule has 3 unspecified atom stereocenters. The Labute approximate surface area is 244 Å². The first-order valence-corrected chi connectivity index (χ1v) is 15.3. The van der Waals surface area contributed by atoms with Crippen molar-refractivity contribution in [3.63, 3.8) is 0 Å². The number of halogens is 1. The number of ether oxygens (including phenoxy) is 1. The number of aromatic hydroxyl groups is 1. The van der Waals surface area contributed by atoms with Crippen LogP contribution in [-0.4, -0.2) is 23.5 Å². The lowest BCUT2D eigenvalue weighted by atomic mass is 9.42. The average molecular weight is 566 g/mol. The molecular formula is C34H44ClNO4. The molecule has 0 spiro atoms. The lowest BCUT2D eigenvalue weighted by Crippen LogP contribution is -2.59. The number of carbonyl (C=O) groups excluding carboxylic acids is 2. The van der Waals surface area contributed by atoms with Gasteiger partial charge in [0.1, 0.15) is 0 Å². The molecule has 3 atom stereocenters. The molecule has 40 heavy (non-hydrogen) atoms. The minimum atomic E-state index is -0.334. The largest absolute Gasteiger partial charge is 0.504 e. The minimum absolute atomic E-state index is 0.0568. The van der Waals surface area contributed by atoms with Crippen molar-refractivity contribution in [3.8, 4) is 11.5 Å². The molecule has 2 aromatic carbocycles. The van der Waals surface area contributed by atoms with Crippen molar-refractivity contribution in [1.29, 1.82) is 0 Å². The van der Waals surface area contributed by atoms with Gasteiger partial charge in [-0.25, -0.2) is 0 Å². The zero-order valence-corrected chi connectivity index (χ0v) is 25.3. The van der Waals surface area contributed by atoms with Crippen molar-refractivity contribution >= 4 is 23.5 Å². The van der Waals surface area contributed by atoms with Crippen LogP contribution >= 0.6 is 11.6 Å². The molecule has 4 fully saturated rings. The summed E-state index contributed by atoms with van der Waals surface area (Å²) in [6.07, 6.45) is 7.04. The Bertz CT molecular complexity index is 1250. The smallest absolute Gasteiger partial charge is 0.315 e. The number of carbonyl (C=O) groups is 2. The van der Waals surface area contributed by atoms with Gasteiger partial charge < -0.3 is 15.2 Å². The average Bonchev–Trinajstić information content (AvgIpc) is 2.84. The molecule has 0 aromatic heterocycles. The summed E-state index contributed by atoms with van der Waals surface area (Å²) < 4.78 is 5.70. The fraction of sp³-hybridized carbons (Fsp3) is 0.588. The molecule has 216 valence electrons. The molecule has 6 rings (SSSR count). The van der Waals surface area contributed by atoms with Gasteiger partial charge in [-0.05, 0) is 109 Å². The van der Waals surface area contributed by atoms with Gasteiger partial charge in [0.2, 0.25) is 5.91 Å². The van der Waals surface area contributed by atoms with E-state index in [4.69, 9.17) is 16.3 Å². The minimum Gasteiger partial charge on any atom is -0.504 e. The van der Waals surface area contributed by atoms with Crippen LogP contribution < -0.4 is 10.1 Å². The van der Waals surface area contributed by atoms with E-state index in [1.165, 1.54) is 24.8 Å². The van der Waals surface area contributed by atoms with Gasteiger partial charge in [-0.2, -0.15) is 0 Å². The highest BCUT2D eigenvalue weighted by Gasteiger charge is 2.60. The summed E-state index contributed by atoms with van der Waals surface area (Å²) in [5.74, 6) is 0.964. The van der Waals surface area contributed by atoms with E-state index in [1.54, 1.807) is 12.1 Å². The van der Waals surface area contributed by atoms with E-state index in [0.717, 1.165) is 29.8 Å². The molecule has 4 saturated carbocycles. The second-order valence-corrected chi connectivity index (χ2v) is 14.8. The fourth-order valence-electron chi connectivity index (χ4n) is 8.77. The predicted octanol–water partition coefficient (Wildman–Crippen LogP) is 7.47. The molecule has 0 saturated heterocycles. The highest BCUT2D eigenvalue weighted by atomic mass is 35.5. The molecule has 2 N–H and O–H groups in total. The van der Waals surface area contributed by atoms with Crippen LogP contribution in [0.1, 0.15) is 84.3 Å². The van der Waals surface area contributed by atoms with E-state index >= 15 is 0 Å². The lowest BCUT2D eigenvalue weighted by molar-refractivity contribution is -0.149. The van der Waals surface area contributed by atoms with E-state index in [0.29, 0.717) is 24.8 Å². The number of esters is 1. The highest BCUT2D eigenvalue weighted by Crippen LogP contribution is 2.65. The van der Waals surface area contributed by atoms with Gasteiger partial charge >= 0.3 is 5.97 Å². The van der Waals surface area contributed by atoms with E-state index in [9.17, 15) is 14.7 Å². The van der Waals surface area contributed by atoms with E-state index in [2.05, 4.69) is 17.4 Å². The molecule has 0 heterocycles. The SMILES string of the molecule is CC(C)C(C(=O)Oc1cc(CCNC(=O)C23CC4CC(C2)CC(c2ccc(Cl)cc2)(C4)C3)ccc1O)C(C)(C)C. The van der Waals surface area contributed by atoms with Crippen LogP contribution in [0, 0.1) is 34.5 Å². The van der Waals surface area contributed by atoms with Crippen LogP contribution in [0.3, 0.4) is 0 Å². The molecule has 4 aliphatic carbocycles. The zero-order chi connectivity index (χ0) is 28.9. The van der Waals surface area contributed by atoms with Crippen LogP contribution in [-0.2, 0) is 21.4 Å². The topological polar surface area (TPSA) is 75.6 Å². The lowest BCUT2D eigenvalue weighted by Gasteiger charge is -2.61. The Balaban J connectivity index is 1.24. The molecule has 5 nitrogen and oxygen atoms in total. The van der Waals surface area contributed by atoms with Crippen LogP contribution in [0.5, 0.6) is 11.5 Å². The van der Waals surface area contributed by atoms with E-state index in [-0.39, 0.29) is 51.5 Å². The number of benzene rings is 2. The molecule has 6 heteroatoms. The maximum absolute atomic E-state index is 13.8. The Kier molecular flexibility index (Phi) is 7.76. The number of hydrogen-bond donors (Lipinski definition) is 2. The zero-order valence-electron chi connectivity index (χ0n) is 24.6. The summed E-state index contributed by atoms with van der Waals surface area (Å²) in [5, 5.41) is 14.4. The van der Waals surface area contributed by atoms with Gasteiger partial charge in [0, 0.05) is 11.6 Å². The maximum Gasteiger partial charge on any atom is 0.315 e. The van der Waals surface area contributed by atoms with Crippen molar-refractivity contribution in [2.75, 3.05) is 6.54 Å². The second-order valence-electron chi connectivity index (χ2n) is 14.3. The van der Waals surface area contributed by atoms with Gasteiger partial charge in [0.25, 0.3) is 0 Å². The van der Waals surface area contributed by atoms with Gasteiger partial charge in [-0.1, -0.05) is 64.4 Å². The van der Waals surface area contributed by atoms with E-state index in [1.807, 2.05) is 52.8 Å². The molecule has 4 aliphatic rings. The quantitative estimate of drug-likeness (QED) is 0.257. The third-order valence-corrected chi connectivity index (χ3v) is 10.0. The third-order valence-electron chi connectivity index (χ3n) is 9.79. The Morgan fingerprint density at radius 2 is 1.70 bits per heavy atom. The van der Waals surface area contributed by atoms with Crippen LogP contribution in [0.25, 0.3) is 0 Å². The second kappa shape index (κ2) is 10.7. The number of hydrogen-bond acceptors (Lipinski definition) is 4. The number of nitrogens with one attached hydrogen (secondary N) is 1. The van der Waals surface area contributed by atoms with Crippen LogP contribution in [0.4, 0.5) is 0 Å². The number of phenolic OH excluding ortho intramolecular Hbond substituents is 1. The Morgan fingerprint density at radius 1 is 1.05 bits per heavy atom. The summed E-state index contributed by atoms with van der Waals surface area (Å²) in [6.45, 7) is 10.6. The molecule has 4 bridgehead atoms. The summed E-state index contributed by atoms with van der Waals surface area (Å²) in [7, 11) is 0. The van der Waals surface area contributed by atoms with E-state index < -0.39 is 0 Å². The van der Waals surface area contributed by atoms with Crippen molar-refractivity contribution in [3.05, 3.63) is 58.6 Å². The van der Waals surface area contributed by atoms with Crippen molar-refractivity contribution in [2.24, 2.45) is 34.5 Å². The van der Waals surface area contributed by atoms with Gasteiger partial charge in [-0.15, -0.1) is 0 Å². The normalized spacial score (nSPS) is 28.0. The summed E-state index contributed by atoms with van der Waals surface area (Å²) in [5.41, 5.74) is 1.74. The third kappa shape index (κ3) is 5.64. The molecule has 0 aliphatic heterocycles. The fourth-order valence-corrected chi connectivity index (χ4v) is 8.90. The van der Waals surface area contributed by atoms with Crippen molar-refractivity contribution in [2.45, 2.75) is 85.0 Å². The van der Waals surface area contributed by atoms with Crippen molar-refractivity contribution < 1.29 is 19.4 Å². The Hall–Kier alpha value is -2.53. The molecular weight excluding hydrogens is 522 g/mol. The van der Waals surface area contributed by atoms with Gasteiger partial charge in [0.05, 0.1) is 11.3 Å². The molecule has 1 amide bonds. The number of phenols is 1. The van der Waals surface area contributed by atoms with Crippen molar-refractivity contribution in [1.82, 2.24) is 5.32 Å². The summed E-state index contributed by atoms with van der Waals surface area (Å²) in [4.78, 5) is 26.8. The first-order valence-electron chi connectivity index (χ1n) is 14.9. The molecule has 0 radical (unpaired) electrons. The Morgan fingerprint density at radius 3 is 2.30 bits per heavy atom. The number of amides is 1. The summed E-state index contributed by atoms with van der Waals surface area (Å²) >= 11 is 6.19. The predicted molar refractivity (Wildman–Crippen MR) is 158 cm³/mol. The van der Waals surface area contributed by atoms with Gasteiger partial charge in [-0.3, -0.25) is 9.59 Å². The first kappa shape index (κ1) is 29.0. The summed E-state index contributed by atoms with van der Waals surface area (Å²) in [6, 6.07) is 13.4. The molecule has 2 aromatic rings. The monoisotopic (exact) mass is 565 g/mol. The van der Waals surface area contributed by atoms with Gasteiger partial charge in [0.15, 0.2) is 11.5 Å².